The van der Waals surface area contributed by atoms with Gasteiger partial charge in [-0.1, -0.05) is 38.1 Å². The minimum absolute atomic E-state index is 1.10. The molecule has 1 radical (unpaired) electrons. The average molecular weight is 170 g/mol. The van der Waals surface area contributed by atoms with E-state index in [1.807, 2.05) is 12.3 Å². The lowest BCUT2D eigenvalue weighted by Crippen LogP contribution is -1.91. The first-order valence-corrected chi connectivity index (χ1v) is 4.43. The molecule has 0 saturated heterocycles. The monoisotopic (exact) mass is 170 g/mol. The molecule has 0 unspecified atom stereocenters. The highest BCUT2D eigenvalue weighted by atomic mass is 14.6. The van der Waals surface area contributed by atoms with Crippen LogP contribution in [0.25, 0.3) is 10.9 Å². The lowest BCUT2D eigenvalue weighted by Gasteiger charge is -2.07. The van der Waals surface area contributed by atoms with Crippen molar-refractivity contribution in [3.63, 3.8) is 0 Å². The number of fused-ring (bicyclic) bond motifs is 1. The maximum Gasteiger partial charge on any atom is 0.0739 e. The Bertz CT molecular complexity index is 413. The number of hydrogen-bond acceptors (Lipinski definition) is 1. The third-order valence-electron chi connectivity index (χ3n) is 2.17. The summed E-state index contributed by atoms with van der Waals surface area (Å²) in [6, 6.07) is 10.3. The molecular formula is C12H12N. The van der Waals surface area contributed by atoms with Gasteiger partial charge in [0, 0.05) is 17.5 Å². The zero-order valence-corrected chi connectivity index (χ0v) is 7.91. The molecule has 0 saturated carbocycles. The molecule has 65 valence electrons. The zero-order chi connectivity index (χ0) is 9.26. The van der Waals surface area contributed by atoms with E-state index in [0.29, 0.717) is 0 Å². The van der Waals surface area contributed by atoms with Crippen molar-refractivity contribution in [2.75, 3.05) is 0 Å². The van der Waals surface area contributed by atoms with E-state index in [9.17, 15) is 0 Å². The van der Waals surface area contributed by atoms with Gasteiger partial charge in [-0.25, -0.2) is 0 Å². The van der Waals surface area contributed by atoms with Gasteiger partial charge in [0.2, 0.25) is 0 Å². The summed E-state index contributed by atoms with van der Waals surface area (Å²) in [5, 5.41) is 1.21. The fourth-order valence-electron chi connectivity index (χ4n) is 1.51. The molecule has 0 spiro atoms. The molecule has 0 aliphatic carbocycles. The second-order valence-electron chi connectivity index (χ2n) is 3.38. The van der Waals surface area contributed by atoms with Gasteiger partial charge in [-0.3, -0.25) is 4.98 Å². The molecule has 1 aromatic heterocycles. The molecule has 2 aromatic rings. The standard InChI is InChI=1S/C12H12N/c1-9(2)11-7-3-5-10-6-4-8-13-12(10)11/h3-8H,1-2H3. The Morgan fingerprint density at radius 2 is 1.85 bits per heavy atom. The van der Waals surface area contributed by atoms with Crippen LogP contribution in [-0.4, -0.2) is 4.98 Å². The molecule has 0 fully saturated rings. The Morgan fingerprint density at radius 3 is 2.62 bits per heavy atom. The molecule has 0 bridgehead atoms. The van der Waals surface area contributed by atoms with Crippen LogP contribution in [0.3, 0.4) is 0 Å². The summed E-state index contributed by atoms with van der Waals surface area (Å²) in [6.45, 7) is 4.23. The van der Waals surface area contributed by atoms with E-state index in [0.717, 1.165) is 5.52 Å². The molecule has 1 nitrogen and oxygen atoms in total. The first-order valence-electron chi connectivity index (χ1n) is 4.43. The quantitative estimate of drug-likeness (QED) is 0.640. The topological polar surface area (TPSA) is 12.9 Å². The molecule has 1 heteroatoms. The van der Waals surface area contributed by atoms with Gasteiger partial charge in [-0.15, -0.1) is 0 Å². The van der Waals surface area contributed by atoms with Crippen molar-refractivity contribution < 1.29 is 0 Å². The highest BCUT2D eigenvalue weighted by Gasteiger charge is 2.04. The minimum Gasteiger partial charge on any atom is -0.256 e. The van der Waals surface area contributed by atoms with E-state index in [-0.39, 0.29) is 0 Å². The summed E-state index contributed by atoms with van der Waals surface area (Å²) in [6.07, 6.45) is 1.84. The summed E-state index contributed by atoms with van der Waals surface area (Å²) in [5.41, 5.74) is 2.35. The van der Waals surface area contributed by atoms with Crippen LogP contribution in [0.1, 0.15) is 19.4 Å². The summed E-state index contributed by atoms with van der Waals surface area (Å²) in [4.78, 5) is 4.38. The van der Waals surface area contributed by atoms with E-state index in [2.05, 4.69) is 43.1 Å². The molecule has 0 atom stereocenters. The molecule has 2 rings (SSSR count). The van der Waals surface area contributed by atoms with Crippen LogP contribution in [0.15, 0.2) is 36.5 Å². The number of rotatable bonds is 1. The predicted octanol–water partition coefficient (Wildman–Crippen LogP) is 3.20. The van der Waals surface area contributed by atoms with Gasteiger partial charge >= 0.3 is 0 Å². The van der Waals surface area contributed by atoms with Gasteiger partial charge < -0.3 is 0 Å². The highest BCUT2D eigenvalue weighted by Crippen LogP contribution is 2.22. The Morgan fingerprint density at radius 1 is 1.08 bits per heavy atom. The molecule has 13 heavy (non-hydrogen) atoms. The first-order chi connectivity index (χ1) is 6.29. The van der Waals surface area contributed by atoms with Crippen LogP contribution < -0.4 is 0 Å². The van der Waals surface area contributed by atoms with Crippen molar-refractivity contribution in [1.82, 2.24) is 4.98 Å². The van der Waals surface area contributed by atoms with E-state index in [1.165, 1.54) is 16.9 Å². The molecule has 1 aromatic carbocycles. The SMILES string of the molecule is C[C](C)c1cccc2cccnc12. The number of pyridine rings is 1. The first kappa shape index (κ1) is 8.24. The minimum atomic E-state index is 1.10. The largest absolute Gasteiger partial charge is 0.256 e. The van der Waals surface area contributed by atoms with E-state index >= 15 is 0 Å². The number of nitrogens with zero attached hydrogens (tertiary/aromatic N) is 1. The molecule has 1 heterocycles. The van der Waals surface area contributed by atoms with Gasteiger partial charge in [-0.2, -0.15) is 0 Å². The molecule has 0 N–H and O–H groups in total. The fourth-order valence-corrected chi connectivity index (χ4v) is 1.51. The van der Waals surface area contributed by atoms with Crippen LogP contribution in [0.5, 0.6) is 0 Å². The molecule has 0 aliphatic rings. The molecular weight excluding hydrogens is 158 g/mol. The maximum atomic E-state index is 4.38. The summed E-state index contributed by atoms with van der Waals surface area (Å²) >= 11 is 0. The Balaban J connectivity index is 2.76. The zero-order valence-electron chi connectivity index (χ0n) is 7.91. The Hall–Kier alpha value is -1.37. The van der Waals surface area contributed by atoms with Crippen LogP contribution in [0.2, 0.25) is 0 Å². The van der Waals surface area contributed by atoms with Gasteiger partial charge in [0.1, 0.15) is 0 Å². The lowest BCUT2D eigenvalue weighted by molar-refractivity contribution is 1.15. The number of aromatic nitrogens is 1. The van der Waals surface area contributed by atoms with Crippen LogP contribution in [0.4, 0.5) is 0 Å². The van der Waals surface area contributed by atoms with Crippen molar-refractivity contribution in [3.05, 3.63) is 48.0 Å². The number of hydrogen-bond donors (Lipinski definition) is 0. The van der Waals surface area contributed by atoms with Gasteiger partial charge in [0.15, 0.2) is 0 Å². The maximum absolute atomic E-state index is 4.38. The van der Waals surface area contributed by atoms with Crippen molar-refractivity contribution >= 4 is 10.9 Å². The number of benzene rings is 1. The molecule has 0 amide bonds. The van der Waals surface area contributed by atoms with Gasteiger partial charge in [0.25, 0.3) is 0 Å². The lowest BCUT2D eigenvalue weighted by atomic mass is 10.00. The Labute approximate surface area is 78.4 Å². The van der Waals surface area contributed by atoms with Crippen molar-refractivity contribution in [2.45, 2.75) is 13.8 Å². The van der Waals surface area contributed by atoms with Crippen LogP contribution >= 0.6 is 0 Å². The van der Waals surface area contributed by atoms with Gasteiger partial charge in [-0.05, 0) is 11.6 Å². The van der Waals surface area contributed by atoms with E-state index in [4.69, 9.17) is 0 Å². The second-order valence-corrected chi connectivity index (χ2v) is 3.38. The van der Waals surface area contributed by atoms with Crippen LogP contribution in [0, 0.1) is 5.92 Å². The van der Waals surface area contributed by atoms with Crippen LogP contribution in [-0.2, 0) is 0 Å². The third-order valence-corrected chi connectivity index (χ3v) is 2.17. The van der Waals surface area contributed by atoms with Crippen molar-refractivity contribution in [2.24, 2.45) is 0 Å². The van der Waals surface area contributed by atoms with Crippen molar-refractivity contribution in [3.8, 4) is 0 Å². The third kappa shape index (κ3) is 1.42. The predicted molar refractivity (Wildman–Crippen MR) is 55.4 cm³/mol. The van der Waals surface area contributed by atoms with Crippen molar-refractivity contribution in [1.29, 1.82) is 0 Å². The fraction of sp³-hybridized carbons (Fsp3) is 0.167. The Kier molecular flexibility index (Phi) is 2.01. The summed E-state index contributed by atoms with van der Waals surface area (Å²) in [5.74, 6) is 1.31. The molecule has 0 aliphatic heterocycles. The summed E-state index contributed by atoms with van der Waals surface area (Å²) in [7, 11) is 0. The normalized spacial score (nSPS) is 11.0. The summed E-state index contributed by atoms with van der Waals surface area (Å²) < 4.78 is 0. The second kappa shape index (κ2) is 3.17. The van der Waals surface area contributed by atoms with E-state index < -0.39 is 0 Å². The highest BCUT2D eigenvalue weighted by molar-refractivity contribution is 5.83. The van der Waals surface area contributed by atoms with Gasteiger partial charge in [0.05, 0.1) is 5.52 Å². The van der Waals surface area contributed by atoms with E-state index in [1.54, 1.807) is 0 Å². The number of para-hydroxylation sites is 1. The smallest absolute Gasteiger partial charge is 0.0739 e. The average Bonchev–Trinajstić information content (AvgIpc) is 2.17.